The maximum absolute atomic E-state index is 13.5. The van der Waals surface area contributed by atoms with Crippen LogP contribution in [0.5, 0.6) is 5.75 Å². The van der Waals surface area contributed by atoms with E-state index in [1.807, 2.05) is 6.92 Å². The molecule has 1 atom stereocenters. The first kappa shape index (κ1) is 13.9. The van der Waals surface area contributed by atoms with E-state index in [1.54, 1.807) is 19.1 Å². The van der Waals surface area contributed by atoms with E-state index in [0.29, 0.717) is 31.1 Å². The first-order valence-corrected chi connectivity index (χ1v) is 5.91. The zero-order chi connectivity index (χ0) is 12.7. The number of nitrogens with two attached hydrogens (primary N) is 1. The van der Waals surface area contributed by atoms with Gasteiger partial charge in [-0.05, 0) is 25.5 Å². The first-order chi connectivity index (χ1) is 8.16. The van der Waals surface area contributed by atoms with Crippen LogP contribution >= 0.6 is 0 Å². The standard InChI is InChI=1S/C13H20FNO2/c1-3-7-16-8-9-17-12-6-4-5-11(14)13(12)10(2)15/h4-6,10H,3,7-9,15H2,1-2H3. The third-order valence-corrected chi connectivity index (χ3v) is 2.30. The molecule has 0 saturated carbocycles. The number of hydrogen-bond acceptors (Lipinski definition) is 3. The summed E-state index contributed by atoms with van der Waals surface area (Å²) in [6.45, 7) is 5.40. The average molecular weight is 241 g/mol. The lowest BCUT2D eigenvalue weighted by Gasteiger charge is -2.14. The van der Waals surface area contributed by atoms with Gasteiger partial charge in [0.05, 0.1) is 6.61 Å². The van der Waals surface area contributed by atoms with Crippen molar-refractivity contribution in [2.75, 3.05) is 19.8 Å². The van der Waals surface area contributed by atoms with Gasteiger partial charge in [0, 0.05) is 18.2 Å². The van der Waals surface area contributed by atoms with Crippen molar-refractivity contribution in [3.05, 3.63) is 29.6 Å². The summed E-state index contributed by atoms with van der Waals surface area (Å²) in [4.78, 5) is 0. The predicted molar refractivity (Wildman–Crippen MR) is 65.6 cm³/mol. The number of hydrogen-bond donors (Lipinski definition) is 1. The van der Waals surface area contributed by atoms with Gasteiger partial charge in [-0.2, -0.15) is 0 Å². The number of benzene rings is 1. The van der Waals surface area contributed by atoms with E-state index in [2.05, 4.69) is 0 Å². The zero-order valence-electron chi connectivity index (χ0n) is 10.4. The molecule has 96 valence electrons. The molecule has 1 aromatic rings. The van der Waals surface area contributed by atoms with Crippen molar-refractivity contribution in [1.82, 2.24) is 0 Å². The fourth-order valence-corrected chi connectivity index (χ4v) is 1.54. The average Bonchev–Trinajstić information content (AvgIpc) is 2.28. The summed E-state index contributed by atoms with van der Waals surface area (Å²) in [5.74, 6) is 0.173. The highest BCUT2D eigenvalue weighted by Crippen LogP contribution is 2.26. The van der Waals surface area contributed by atoms with E-state index in [0.717, 1.165) is 6.42 Å². The molecule has 0 amide bonds. The fourth-order valence-electron chi connectivity index (χ4n) is 1.54. The molecule has 0 aliphatic carbocycles. The van der Waals surface area contributed by atoms with Gasteiger partial charge in [-0.15, -0.1) is 0 Å². The molecule has 1 rings (SSSR count). The second kappa shape index (κ2) is 7.25. The topological polar surface area (TPSA) is 44.5 Å². The minimum atomic E-state index is -0.386. The van der Waals surface area contributed by atoms with Gasteiger partial charge in [-0.3, -0.25) is 0 Å². The van der Waals surface area contributed by atoms with Crippen molar-refractivity contribution >= 4 is 0 Å². The minimum Gasteiger partial charge on any atom is -0.491 e. The molecule has 0 radical (unpaired) electrons. The molecule has 0 aromatic heterocycles. The molecule has 4 heteroatoms. The second-order valence-electron chi connectivity index (χ2n) is 3.90. The number of ether oxygens (including phenoxy) is 2. The van der Waals surface area contributed by atoms with Gasteiger partial charge in [0.25, 0.3) is 0 Å². The van der Waals surface area contributed by atoms with Crippen LogP contribution in [-0.4, -0.2) is 19.8 Å². The van der Waals surface area contributed by atoms with Crippen LogP contribution in [0.4, 0.5) is 4.39 Å². The van der Waals surface area contributed by atoms with Gasteiger partial charge >= 0.3 is 0 Å². The molecular formula is C13H20FNO2. The Labute approximate surface area is 102 Å². The van der Waals surface area contributed by atoms with Gasteiger partial charge in [-0.25, -0.2) is 4.39 Å². The molecule has 0 saturated heterocycles. The summed E-state index contributed by atoms with van der Waals surface area (Å²) in [5, 5.41) is 0. The molecule has 0 heterocycles. The van der Waals surface area contributed by atoms with Crippen LogP contribution in [0.3, 0.4) is 0 Å². The summed E-state index contributed by atoms with van der Waals surface area (Å²) >= 11 is 0. The van der Waals surface area contributed by atoms with Gasteiger partial charge < -0.3 is 15.2 Å². The van der Waals surface area contributed by atoms with Crippen LogP contribution in [0.2, 0.25) is 0 Å². The highest BCUT2D eigenvalue weighted by molar-refractivity contribution is 5.36. The van der Waals surface area contributed by atoms with E-state index in [9.17, 15) is 4.39 Å². The zero-order valence-corrected chi connectivity index (χ0v) is 10.4. The maximum atomic E-state index is 13.5. The molecular weight excluding hydrogens is 221 g/mol. The van der Waals surface area contributed by atoms with Gasteiger partial charge in [-0.1, -0.05) is 13.0 Å². The summed E-state index contributed by atoms with van der Waals surface area (Å²) in [6.07, 6.45) is 0.977. The Morgan fingerprint density at radius 3 is 2.71 bits per heavy atom. The molecule has 1 aromatic carbocycles. The highest BCUT2D eigenvalue weighted by Gasteiger charge is 2.13. The van der Waals surface area contributed by atoms with E-state index in [1.165, 1.54) is 6.07 Å². The van der Waals surface area contributed by atoms with Gasteiger partial charge in [0.2, 0.25) is 0 Å². The largest absolute Gasteiger partial charge is 0.491 e. The molecule has 1 unspecified atom stereocenters. The normalized spacial score (nSPS) is 12.5. The number of halogens is 1. The molecule has 0 aliphatic heterocycles. The van der Waals surface area contributed by atoms with E-state index < -0.39 is 0 Å². The Balaban J connectivity index is 2.55. The Bertz CT molecular complexity index is 342. The Kier molecular flexibility index (Phi) is 5.94. The highest BCUT2D eigenvalue weighted by atomic mass is 19.1. The van der Waals surface area contributed by atoms with Crippen LogP contribution in [-0.2, 0) is 4.74 Å². The third-order valence-electron chi connectivity index (χ3n) is 2.30. The molecule has 3 nitrogen and oxygen atoms in total. The van der Waals surface area contributed by atoms with Gasteiger partial charge in [0.1, 0.15) is 18.2 Å². The van der Waals surface area contributed by atoms with E-state index in [-0.39, 0.29) is 11.9 Å². The maximum Gasteiger partial charge on any atom is 0.131 e. The lowest BCUT2D eigenvalue weighted by molar-refractivity contribution is 0.1000. The van der Waals surface area contributed by atoms with Crippen molar-refractivity contribution < 1.29 is 13.9 Å². The van der Waals surface area contributed by atoms with Crippen molar-refractivity contribution in [3.63, 3.8) is 0 Å². The van der Waals surface area contributed by atoms with E-state index >= 15 is 0 Å². The predicted octanol–water partition coefficient (Wildman–Crippen LogP) is 2.65. The quantitative estimate of drug-likeness (QED) is 0.746. The lowest BCUT2D eigenvalue weighted by Crippen LogP contribution is -2.13. The van der Waals surface area contributed by atoms with Crippen molar-refractivity contribution in [1.29, 1.82) is 0 Å². The van der Waals surface area contributed by atoms with Crippen molar-refractivity contribution in [3.8, 4) is 5.75 Å². The fraction of sp³-hybridized carbons (Fsp3) is 0.538. The van der Waals surface area contributed by atoms with Crippen molar-refractivity contribution in [2.24, 2.45) is 5.73 Å². The lowest BCUT2D eigenvalue weighted by atomic mass is 10.1. The first-order valence-electron chi connectivity index (χ1n) is 5.91. The smallest absolute Gasteiger partial charge is 0.131 e. The monoisotopic (exact) mass is 241 g/mol. The van der Waals surface area contributed by atoms with Crippen LogP contribution in [0, 0.1) is 5.82 Å². The summed E-state index contributed by atoms with van der Waals surface area (Å²) in [6, 6.07) is 4.34. The second-order valence-corrected chi connectivity index (χ2v) is 3.90. The molecule has 0 bridgehead atoms. The van der Waals surface area contributed by atoms with Crippen LogP contribution < -0.4 is 10.5 Å². The SMILES string of the molecule is CCCOCCOc1cccc(F)c1C(C)N. The van der Waals surface area contributed by atoms with Crippen LogP contribution in [0.25, 0.3) is 0 Å². The number of rotatable bonds is 7. The molecule has 17 heavy (non-hydrogen) atoms. The summed E-state index contributed by atoms with van der Waals surface area (Å²) in [5.41, 5.74) is 6.14. The summed E-state index contributed by atoms with van der Waals surface area (Å²) in [7, 11) is 0. The molecule has 0 fully saturated rings. The van der Waals surface area contributed by atoms with Gasteiger partial charge in [0.15, 0.2) is 0 Å². The summed E-state index contributed by atoms with van der Waals surface area (Å²) < 4.78 is 24.3. The van der Waals surface area contributed by atoms with E-state index in [4.69, 9.17) is 15.2 Å². The molecule has 2 N–H and O–H groups in total. The minimum absolute atomic E-state index is 0.327. The third kappa shape index (κ3) is 4.32. The molecule has 0 aliphatic rings. The van der Waals surface area contributed by atoms with Crippen LogP contribution in [0.15, 0.2) is 18.2 Å². The molecule has 0 spiro atoms. The van der Waals surface area contributed by atoms with Crippen LogP contribution in [0.1, 0.15) is 31.9 Å². The van der Waals surface area contributed by atoms with Crippen molar-refractivity contribution in [2.45, 2.75) is 26.3 Å². The Morgan fingerprint density at radius 1 is 1.29 bits per heavy atom. The Morgan fingerprint density at radius 2 is 2.06 bits per heavy atom. The Hall–Kier alpha value is -1.13.